The molecule has 1 N–H and O–H groups in total. The summed E-state index contributed by atoms with van der Waals surface area (Å²) in [6.07, 6.45) is 3.07. The summed E-state index contributed by atoms with van der Waals surface area (Å²) in [4.78, 5) is 33.0. The van der Waals surface area contributed by atoms with Gasteiger partial charge in [-0.15, -0.1) is 5.10 Å². The number of nitrogens with zero attached hydrogens (tertiary/aromatic N) is 4. The average Bonchev–Trinajstić information content (AvgIpc) is 3.17. The molecular weight excluding hydrogens is 414 g/mol. The lowest BCUT2D eigenvalue weighted by molar-refractivity contribution is -0.143. The predicted molar refractivity (Wildman–Crippen MR) is 119 cm³/mol. The Morgan fingerprint density at radius 1 is 1.13 bits per heavy atom. The minimum absolute atomic E-state index is 0.0613. The number of ether oxygens (including phenoxy) is 1. The van der Waals surface area contributed by atoms with Gasteiger partial charge < -0.3 is 10.1 Å². The van der Waals surface area contributed by atoms with Crippen LogP contribution >= 0.6 is 11.8 Å². The zero-order chi connectivity index (χ0) is 22.4. The van der Waals surface area contributed by atoms with Crippen molar-refractivity contribution in [3.8, 4) is 0 Å². The maximum Gasteiger partial charge on any atom is 0.310 e. The molecule has 164 valence electrons. The third-order valence-corrected chi connectivity index (χ3v) is 5.52. The highest BCUT2D eigenvalue weighted by Crippen LogP contribution is 2.17. The van der Waals surface area contributed by atoms with Crippen molar-refractivity contribution in [3.05, 3.63) is 52.3 Å². The van der Waals surface area contributed by atoms with Crippen LogP contribution in [0.25, 0.3) is 5.78 Å². The van der Waals surface area contributed by atoms with Crippen molar-refractivity contribution in [1.29, 1.82) is 0 Å². The number of carbonyl (C=O) groups is 2. The molecule has 3 aromatic rings. The Labute approximate surface area is 185 Å². The van der Waals surface area contributed by atoms with Gasteiger partial charge in [0.1, 0.15) is 6.61 Å². The van der Waals surface area contributed by atoms with Gasteiger partial charge in [-0.2, -0.15) is 4.98 Å². The molecule has 0 radical (unpaired) electrons. The Morgan fingerprint density at radius 2 is 1.87 bits per heavy atom. The van der Waals surface area contributed by atoms with Crippen LogP contribution in [-0.2, 0) is 27.2 Å². The molecule has 1 amide bonds. The molecule has 0 fully saturated rings. The molecular formula is C22H27N5O3S. The van der Waals surface area contributed by atoms with Crippen molar-refractivity contribution in [2.45, 2.75) is 45.2 Å². The summed E-state index contributed by atoms with van der Waals surface area (Å²) in [5, 5.41) is 7.80. The molecule has 2 heterocycles. The van der Waals surface area contributed by atoms with Crippen molar-refractivity contribution in [3.63, 3.8) is 0 Å². The lowest BCUT2D eigenvalue weighted by Gasteiger charge is -2.11. The Morgan fingerprint density at radius 3 is 2.58 bits per heavy atom. The summed E-state index contributed by atoms with van der Waals surface area (Å²) >= 11 is 1.44. The van der Waals surface area contributed by atoms with E-state index in [0.29, 0.717) is 23.8 Å². The quantitative estimate of drug-likeness (QED) is 0.310. The van der Waals surface area contributed by atoms with Gasteiger partial charge in [0, 0.05) is 23.4 Å². The van der Waals surface area contributed by atoms with Gasteiger partial charge in [0.25, 0.3) is 5.78 Å². The van der Waals surface area contributed by atoms with E-state index >= 15 is 0 Å². The second-order valence-corrected chi connectivity index (χ2v) is 8.08. The number of carbonyl (C=O) groups excluding carboxylic acids is 2. The minimum atomic E-state index is -0.369. The first-order valence-electron chi connectivity index (χ1n) is 10.1. The zero-order valence-corrected chi connectivity index (χ0v) is 19.1. The molecule has 0 aliphatic carbocycles. The Hall–Kier alpha value is -2.94. The summed E-state index contributed by atoms with van der Waals surface area (Å²) in [6.45, 7) is 6.18. The van der Waals surface area contributed by atoms with Crippen LogP contribution in [0.3, 0.4) is 0 Å². The third-order valence-electron chi connectivity index (χ3n) is 4.98. The molecule has 9 heteroatoms. The number of nitrogens with one attached hydrogen (secondary N) is 1. The minimum Gasteiger partial charge on any atom is -0.464 e. The van der Waals surface area contributed by atoms with Gasteiger partial charge in [-0.05, 0) is 39.0 Å². The van der Waals surface area contributed by atoms with Gasteiger partial charge in [0.15, 0.2) is 0 Å². The molecule has 0 bridgehead atoms. The molecule has 0 unspecified atom stereocenters. The van der Waals surface area contributed by atoms with E-state index < -0.39 is 0 Å². The lowest BCUT2D eigenvalue weighted by atomic mass is 10.1. The zero-order valence-electron chi connectivity index (χ0n) is 18.3. The number of hydrogen-bond acceptors (Lipinski definition) is 7. The number of aromatic nitrogens is 4. The Bertz CT molecular complexity index is 1080. The molecule has 8 nitrogen and oxygen atoms in total. The van der Waals surface area contributed by atoms with Crippen LogP contribution in [0, 0.1) is 20.8 Å². The number of aryl methyl sites for hydroxylation is 4. The van der Waals surface area contributed by atoms with Gasteiger partial charge in [-0.1, -0.05) is 41.6 Å². The first-order chi connectivity index (χ1) is 14.9. The molecule has 0 aliphatic heterocycles. The summed E-state index contributed by atoms with van der Waals surface area (Å²) in [5.41, 5.74) is 4.64. The SMILES string of the molecule is CSc1nc2nc(C)c(CC(=O)OCCNC(=O)CCc3ccc(C)cc3)c(C)n2n1. The fourth-order valence-electron chi connectivity index (χ4n) is 3.18. The molecule has 3 rings (SSSR count). The third kappa shape index (κ3) is 6.04. The topological polar surface area (TPSA) is 98.5 Å². The van der Waals surface area contributed by atoms with Crippen molar-refractivity contribution < 1.29 is 14.3 Å². The first kappa shape index (κ1) is 22.7. The highest BCUT2D eigenvalue weighted by molar-refractivity contribution is 7.98. The van der Waals surface area contributed by atoms with Crippen molar-refractivity contribution in [2.24, 2.45) is 0 Å². The van der Waals surface area contributed by atoms with E-state index in [1.807, 2.05) is 51.3 Å². The van der Waals surface area contributed by atoms with Crippen LogP contribution in [0.2, 0.25) is 0 Å². The van der Waals surface area contributed by atoms with E-state index in [1.165, 1.54) is 17.3 Å². The molecule has 1 aromatic carbocycles. The van der Waals surface area contributed by atoms with Crippen molar-refractivity contribution >= 4 is 29.4 Å². The van der Waals surface area contributed by atoms with Gasteiger partial charge in [0.2, 0.25) is 11.1 Å². The molecule has 0 spiro atoms. The summed E-state index contributed by atoms with van der Waals surface area (Å²) in [6, 6.07) is 8.13. The maximum atomic E-state index is 12.3. The van der Waals surface area contributed by atoms with Gasteiger partial charge in [0.05, 0.1) is 13.0 Å². The normalized spacial score (nSPS) is 11.0. The van der Waals surface area contributed by atoms with Gasteiger partial charge >= 0.3 is 5.97 Å². The van der Waals surface area contributed by atoms with Crippen molar-refractivity contribution in [2.75, 3.05) is 19.4 Å². The van der Waals surface area contributed by atoms with E-state index in [2.05, 4.69) is 20.4 Å². The average molecular weight is 442 g/mol. The van der Waals surface area contributed by atoms with E-state index in [9.17, 15) is 9.59 Å². The first-order valence-corrected chi connectivity index (χ1v) is 11.3. The fourth-order valence-corrected chi connectivity index (χ4v) is 3.52. The van der Waals surface area contributed by atoms with Crippen LogP contribution in [0.5, 0.6) is 0 Å². The van der Waals surface area contributed by atoms with Gasteiger partial charge in [-0.25, -0.2) is 9.50 Å². The lowest BCUT2D eigenvalue weighted by Crippen LogP contribution is -2.28. The Kier molecular flexibility index (Phi) is 7.62. The number of rotatable bonds is 9. The second-order valence-electron chi connectivity index (χ2n) is 7.30. The summed E-state index contributed by atoms with van der Waals surface area (Å²) in [5.74, 6) is 0.0880. The number of esters is 1. The molecule has 0 aliphatic rings. The van der Waals surface area contributed by atoms with E-state index in [4.69, 9.17) is 4.74 Å². The number of fused-ring (bicyclic) bond motifs is 1. The molecule has 0 saturated heterocycles. The number of thioether (sulfide) groups is 1. The molecule has 0 atom stereocenters. The van der Waals surface area contributed by atoms with Crippen LogP contribution in [0.15, 0.2) is 29.4 Å². The van der Waals surface area contributed by atoms with E-state index in [-0.39, 0.29) is 31.4 Å². The standard InChI is InChI=1S/C22H27N5O3S/c1-14-5-7-17(8-6-14)9-10-19(28)23-11-12-30-20(29)13-18-15(2)24-21-25-22(31-4)26-27(21)16(18)3/h5-8H,9-13H2,1-4H3,(H,23,28). The number of hydrogen-bond donors (Lipinski definition) is 1. The highest BCUT2D eigenvalue weighted by Gasteiger charge is 2.16. The van der Waals surface area contributed by atoms with E-state index in [0.717, 1.165) is 22.5 Å². The fraction of sp³-hybridized carbons (Fsp3) is 0.409. The molecule has 2 aromatic heterocycles. The largest absolute Gasteiger partial charge is 0.464 e. The number of amides is 1. The predicted octanol–water partition coefficient (Wildman–Crippen LogP) is 2.61. The second kappa shape index (κ2) is 10.4. The maximum absolute atomic E-state index is 12.3. The van der Waals surface area contributed by atoms with Crippen LogP contribution in [-0.4, -0.2) is 50.9 Å². The van der Waals surface area contributed by atoms with Crippen LogP contribution in [0.1, 0.15) is 34.5 Å². The van der Waals surface area contributed by atoms with E-state index in [1.54, 1.807) is 4.52 Å². The number of benzene rings is 1. The van der Waals surface area contributed by atoms with Gasteiger partial charge in [-0.3, -0.25) is 9.59 Å². The Balaban J connectivity index is 1.44. The van der Waals surface area contributed by atoms with Crippen molar-refractivity contribution in [1.82, 2.24) is 24.9 Å². The highest BCUT2D eigenvalue weighted by atomic mass is 32.2. The molecule has 31 heavy (non-hydrogen) atoms. The summed E-state index contributed by atoms with van der Waals surface area (Å²) < 4.78 is 6.94. The smallest absolute Gasteiger partial charge is 0.310 e. The summed E-state index contributed by atoms with van der Waals surface area (Å²) in [7, 11) is 0. The molecule has 0 saturated carbocycles. The van der Waals surface area contributed by atoms with Crippen LogP contribution in [0.4, 0.5) is 0 Å². The monoisotopic (exact) mass is 441 g/mol. The van der Waals surface area contributed by atoms with Crippen LogP contribution < -0.4 is 5.32 Å².